The summed E-state index contributed by atoms with van der Waals surface area (Å²) in [5, 5.41) is 10.5. The number of nitrogens with zero attached hydrogens (tertiary/aromatic N) is 3. The largest absolute Gasteiger partial charge is 0.394 e. The van der Waals surface area contributed by atoms with E-state index < -0.39 is 35.1 Å². The van der Waals surface area contributed by atoms with Crippen LogP contribution < -0.4 is 0 Å². The van der Waals surface area contributed by atoms with Crippen LogP contribution in [-0.4, -0.2) is 93.6 Å². The highest BCUT2D eigenvalue weighted by Crippen LogP contribution is 2.66. The SMILES string of the molecule is C=CCN(C)C(=O)[C@H]1[C@H]2C(=O)N([C@@H](CO)CC(C)C)C(C(=O)N(CC=C)C3CCCCC3)C23CC(C)[C@]1(C)O3. The molecule has 1 spiro atoms. The molecule has 4 aliphatic rings. The van der Waals surface area contributed by atoms with Crippen molar-refractivity contribution in [3.8, 4) is 0 Å². The van der Waals surface area contributed by atoms with Crippen molar-refractivity contribution in [1.82, 2.24) is 14.7 Å². The molecule has 3 saturated heterocycles. The average molecular weight is 544 g/mol. The normalized spacial score (nSPS) is 34.7. The Morgan fingerprint density at radius 2 is 1.79 bits per heavy atom. The van der Waals surface area contributed by atoms with Crippen LogP contribution in [0.2, 0.25) is 0 Å². The molecule has 8 nitrogen and oxygen atoms in total. The lowest BCUT2D eigenvalue weighted by Gasteiger charge is -2.42. The van der Waals surface area contributed by atoms with Crippen molar-refractivity contribution in [2.45, 2.75) is 102 Å². The molecule has 0 aromatic rings. The molecule has 0 radical (unpaired) electrons. The van der Waals surface area contributed by atoms with Crippen molar-refractivity contribution in [1.29, 1.82) is 0 Å². The summed E-state index contributed by atoms with van der Waals surface area (Å²) in [6.07, 6.45) is 9.65. The molecule has 3 heterocycles. The van der Waals surface area contributed by atoms with Gasteiger partial charge >= 0.3 is 0 Å². The van der Waals surface area contributed by atoms with Crippen LogP contribution in [0.4, 0.5) is 0 Å². The predicted octanol–water partition coefficient (Wildman–Crippen LogP) is 3.40. The number of likely N-dealkylation sites (tertiary alicyclic amines) is 1. The molecule has 4 rings (SSSR count). The first kappa shape index (κ1) is 29.8. The minimum atomic E-state index is -1.11. The number of carbonyl (C=O) groups is 3. The molecule has 0 aromatic heterocycles. The number of aliphatic hydroxyl groups is 1. The molecule has 1 aliphatic carbocycles. The first-order valence-corrected chi connectivity index (χ1v) is 14.9. The smallest absolute Gasteiger partial charge is 0.248 e. The summed E-state index contributed by atoms with van der Waals surface area (Å²) in [5.41, 5.74) is -1.98. The van der Waals surface area contributed by atoms with Crippen molar-refractivity contribution in [2.24, 2.45) is 23.7 Å². The zero-order valence-electron chi connectivity index (χ0n) is 24.6. The van der Waals surface area contributed by atoms with E-state index in [1.807, 2.05) is 25.7 Å². The van der Waals surface area contributed by atoms with Crippen LogP contribution in [0.15, 0.2) is 25.3 Å². The Hall–Kier alpha value is -2.19. The van der Waals surface area contributed by atoms with E-state index in [4.69, 9.17) is 4.74 Å². The van der Waals surface area contributed by atoms with Gasteiger partial charge in [-0.2, -0.15) is 0 Å². The molecule has 1 N–H and O–H groups in total. The Labute approximate surface area is 234 Å². The van der Waals surface area contributed by atoms with E-state index in [1.54, 1.807) is 29.0 Å². The topological polar surface area (TPSA) is 90.4 Å². The van der Waals surface area contributed by atoms with Gasteiger partial charge in [-0.1, -0.05) is 52.2 Å². The third-order valence-corrected chi connectivity index (χ3v) is 10.0. The standard InChI is InChI=1S/C31H49N3O5/c1-8-15-32(7)27(36)24-25-28(37)34(23(19-35)17-20(3)4)26(31(25)18-21(5)30(24,6)39-31)29(38)33(16-9-2)22-13-11-10-12-14-22/h8-9,20-26,35H,1-2,10-19H2,3-7H3/t21?,23-,24-,25+,26?,30+,31?/m1/s1. The zero-order valence-corrected chi connectivity index (χ0v) is 24.6. The van der Waals surface area contributed by atoms with E-state index in [2.05, 4.69) is 20.1 Å². The highest BCUT2D eigenvalue weighted by atomic mass is 16.5. The highest BCUT2D eigenvalue weighted by Gasteiger charge is 2.80. The van der Waals surface area contributed by atoms with Crippen molar-refractivity contribution >= 4 is 17.7 Å². The van der Waals surface area contributed by atoms with Gasteiger partial charge in [0.25, 0.3) is 0 Å². The molecule has 39 heavy (non-hydrogen) atoms. The van der Waals surface area contributed by atoms with E-state index in [9.17, 15) is 19.5 Å². The lowest BCUT2D eigenvalue weighted by atomic mass is 9.62. The maximum absolute atomic E-state index is 14.8. The molecule has 0 aromatic carbocycles. The number of carbonyl (C=O) groups excluding carboxylic acids is 3. The molecule has 3 aliphatic heterocycles. The summed E-state index contributed by atoms with van der Waals surface area (Å²) < 4.78 is 6.90. The fourth-order valence-electron chi connectivity index (χ4n) is 8.17. The number of aliphatic hydroxyl groups excluding tert-OH is 1. The van der Waals surface area contributed by atoms with Gasteiger partial charge in [0.05, 0.1) is 30.1 Å². The number of likely N-dealkylation sites (N-methyl/N-ethyl adjacent to an activating group) is 1. The van der Waals surface area contributed by atoms with Crippen molar-refractivity contribution in [2.75, 3.05) is 26.7 Å². The van der Waals surface area contributed by atoms with Crippen LogP contribution in [0, 0.1) is 23.7 Å². The van der Waals surface area contributed by atoms with Crippen LogP contribution in [-0.2, 0) is 19.1 Å². The Morgan fingerprint density at radius 1 is 1.15 bits per heavy atom. The summed E-state index contributed by atoms with van der Waals surface area (Å²) in [6, 6.07) is -1.34. The number of hydrogen-bond donors (Lipinski definition) is 1. The first-order valence-electron chi connectivity index (χ1n) is 14.9. The van der Waals surface area contributed by atoms with Gasteiger partial charge in [-0.15, -0.1) is 13.2 Å². The molecular weight excluding hydrogens is 494 g/mol. The Bertz CT molecular complexity index is 977. The highest BCUT2D eigenvalue weighted by molar-refractivity contribution is 5.99. The number of ether oxygens (including phenoxy) is 1. The van der Waals surface area contributed by atoms with Gasteiger partial charge in [-0.25, -0.2) is 0 Å². The van der Waals surface area contributed by atoms with Gasteiger partial charge in [0.15, 0.2) is 0 Å². The minimum absolute atomic E-state index is 0.0249. The third-order valence-electron chi connectivity index (χ3n) is 10.0. The molecule has 8 heteroatoms. The van der Waals surface area contributed by atoms with Gasteiger partial charge in [-0.3, -0.25) is 14.4 Å². The monoisotopic (exact) mass is 543 g/mol. The van der Waals surface area contributed by atoms with E-state index in [0.29, 0.717) is 25.9 Å². The molecule has 7 atom stereocenters. The van der Waals surface area contributed by atoms with Gasteiger partial charge in [0, 0.05) is 26.2 Å². The molecular formula is C31H49N3O5. The maximum atomic E-state index is 14.8. The van der Waals surface area contributed by atoms with Crippen LogP contribution in [0.3, 0.4) is 0 Å². The maximum Gasteiger partial charge on any atom is 0.248 e. The Balaban J connectivity index is 1.84. The second kappa shape index (κ2) is 11.4. The van der Waals surface area contributed by atoms with E-state index in [1.165, 1.54) is 0 Å². The second-order valence-electron chi connectivity index (χ2n) is 13.0. The van der Waals surface area contributed by atoms with Crippen molar-refractivity contribution in [3.05, 3.63) is 25.3 Å². The predicted molar refractivity (Wildman–Crippen MR) is 151 cm³/mol. The van der Waals surface area contributed by atoms with Gasteiger partial charge in [0.2, 0.25) is 17.7 Å². The summed E-state index contributed by atoms with van der Waals surface area (Å²) >= 11 is 0. The number of amides is 3. The lowest BCUT2D eigenvalue weighted by molar-refractivity contribution is -0.159. The van der Waals surface area contributed by atoms with Crippen LogP contribution in [0.25, 0.3) is 0 Å². The van der Waals surface area contributed by atoms with E-state index >= 15 is 0 Å². The van der Waals surface area contributed by atoms with Crippen LogP contribution >= 0.6 is 0 Å². The molecule has 218 valence electrons. The van der Waals surface area contributed by atoms with Crippen LogP contribution in [0.1, 0.15) is 72.6 Å². The summed E-state index contributed by atoms with van der Waals surface area (Å²) in [7, 11) is 1.72. The molecule has 4 fully saturated rings. The third kappa shape index (κ3) is 4.75. The minimum Gasteiger partial charge on any atom is -0.394 e. The molecule has 1 saturated carbocycles. The number of fused-ring (bicyclic) bond motifs is 1. The summed E-state index contributed by atoms with van der Waals surface area (Å²) in [6.45, 7) is 16.3. The van der Waals surface area contributed by atoms with Gasteiger partial charge in [0.1, 0.15) is 11.6 Å². The van der Waals surface area contributed by atoms with E-state index in [-0.39, 0.29) is 42.2 Å². The zero-order chi connectivity index (χ0) is 28.7. The quantitative estimate of drug-likeness (QED) is 0.404. The summed E-state index contributed by atoms with van der Waals surface area (Å²) in [4.78, 5) is 48.3. The first-order chi connectivity index (χ1) is 18.5. The van der Waals surface area contributed by atoms with E-state index in [0.717, 1.165) is 32.1 Å². The van der Waals surface area contributed by atoms with Crippen LogP contribution in [0.5, 0.6) is 0 Å². The van der Waals surface area contributed by atoms with Crippen molar-refractivity contribution in [3.63, 3.8) is 0 Å². The molecule has 3 amide bonds. The van der Waals surface area contributed by atoms with Gasteiger partial charge in [-0.05, 0) is 44.4 Å². The average Bonchev–Trinajstić information content (AvgIpc) is 3.42. The lowest BCUT2D eigenvalue weighted by Crippen LogP contribution is -2.60. The van der Waals surface area contributed by atoms with Gasteiger partial charge < -0.3 is 24.5 Å². The fraction of sp³-hybridized carbons (Fsp3) is 0.774. The fourth-order valence-corrected chi connectivity index (χ4v) is 8.17. The molecule has 2 bridgehead atoms. The van der Waals surface area contributed by atoms with Crippen molar-refractivity contribution < 1.29 is 24.2 Å². The Kier molecular flexibility index (Phi) is 8.67. The molecule has 3 unspecified atom stereocenters. The summed E-state index contributed by atoms with van der Waals surface area (Å²) in [5.74, 6) is -1.83. The Morgan fingerprint density at radius 3 is 2.36 bits per heavy atom. The number of rotatable bonds is 11. The number of hydrogen-bond acceptors (Lipinski definition) is 5. The second-order valence-corrected chi connectivity index (χ2v) is 13.0.